The van der Waals surface area contributed by atoms with Gasteiger partial charge in [-0.05, 0) is 38.1 Å². The zero-order valence-corrected chi connectivity index (χ0v) is 8.50. The molecule has 0 aromatic heterocycles. The Bertz CT molecular complexity index is 328. The van der Waals surface area contributed by atoms with Gasteiger partial charge in [0.05, 0.1) is 0 Å². The van der Waals surface area contributed by atoms with E-state index in [4.69, 9.17) is 4.74 Å². The average Bonchev–Trinajstić information content (AvgIpc) is 2.18. The molecule has 14 heavy (non-hydrogen) atoms. The van der Waals surface area contributed by atoms with E-state index in [2.05, 4.69) is 0 Å². The Kier molecular flexibility index (Phi) is 3.01. The van der Waals surface area contributed by atoms with Gasteiger partial charge in [0.1, 0.15) is 11.4 Å². The van der Waals surface area contributed by atoms with E-state index in [1.807, 2.05) is 0 Å². The summed E-state index contributed by atoms with van der Waals surface area (Å²) < 4.78 is 17.6. The molecule has 76 valence electrons. The fourth-order valence-electron chi connectivity index (χ4n) is 1.04. The van der Waals surface area contributed by atoms with Crippen molar-refractivity contribution in [2.45, 2.75) is 19.4 Å². The Morgan fingerprint density at radius 2 is 1.79 bits per heavy atom. The van der Waals surface area contributed by atoms with Crippen molar-refractivity contribution in [1.82, 2.24) is 0 Å². The number of methoxy groups -OCH3 is 1. The summed E-state index contributed by atoms with van der Waals surface area (Å²) in [5.41, 5.74) is -0.407. The molecule has 1 rings (SSSR count). The lowest BCUT2D eigenvalue weighted by Gasteiger charge is -2.20. The van der Waals surface area contributed by atoms with E-state index in [9.17, 15) is 9.18 Å². The summed E-state index contributed by atoms with van der Waals surface area (Å²) in [6.07, 6.45) is 0. The van der Waals surface area contributed by atoms with E-state index in [1.165, 1.54) is 31.4 Å². The fourth-order valence-corrected chi connectivity index (χ4v) is 1.04. The van der Waals surface area contributed by atoms with Crippen LogP contribution >= 0.6 is 0 Å². The van der Waals surface area contributed by atoms with Crippen molar-refractivity contribution in [3.05, 3.63) is 35.6 Å². The average molecular weight is 196 g/mol. The molecule has 0 aliphatic rings. The smallest absolute Gasteiger partial charge is 0.194 e. The molecule has 0 spiro atoms. The second-order valence-corrected chi connectivity index (χ2v) is 3.55. The maximum Gasteiger partial charge on any atom is 0.194 e. The molecule has 1 aromatic carbocycles. The molecular weight excluding hydrogens is 183 g/mol. The minimum Gasteiger partial charge on any atom is -0.371 e. The number of carbonyl (C=O) groups is 1. The van der Waals surface area contributed by atoms with Crippen molar-refractivity contribution in [2.24, 2.45) is 0 Å². The highest BCUT2D eigenvalue weighted by Crippen LogP contribution is 2.16. The summed E-state index contributed by atoms with van der Waals surface area (Å²) >= 11 is 0. The van der Waals surface area contributed by atoms with Crippen LogP contribution in [-0.2, 0) is 4.74 Å². The van der Waals surface area contributed by atoms with Crippen molar-refractivity contribution < 1.29 is 13.9 Å². The number of ketones is 1. The molecule has 0 amide bonds. The van der Waals surface area contributed by atoms with Gasteiger partial charge in [0.15, 0.2) is 5.78 Å². The highest BCUT2D eigenvalue weighted by Gasteiger charge is 2.27. The van der Waals surface area contributed by atoms with Gasteiger partial charge < -0.3 is 4.74 Å². The number of rotatable bonds is 3. The Labute approximate surface area is 82.7 Å². The highest BCUT2D eigenvalue weighted by molar-refractivity contribution is 6.01. The summed E-state index contributed by atoms with van der Waals surface area (Å²) in [4.78, 5) is 11.8. The number of hydrogen-bond acceptors (Lipinski definition) is 2. The maximum absolute atomic E-state index is 12.6. The normalized spacial score (nSPS) is 11.4. The molecule has 0 fully saturated rings. The van der Waals surface area contributed by atoms with Gasteiger partial charge in [0, 0.05) is 12.7 Å². The predicted octanol–water partition coefficient (Wildman–Crippen LogP) is 2.43. The van der Waals surface area contributed by atoms with Crippen LogP contribution in [0.3, 0.4) is 0 Å². The number of hydrogen-bond donors (Lipinski definition) is 0. The van der Waals surface area contributed by atoms with Crippen LogP contribution < -0.4 is 0 Å². The van der Waals surface area contributed by atoms with Gasteiger partial charge in [-0.3, -0.25) is 4.79 Å². The molecule has 0 atom stereocenters. The van der Waals surface area contributed by atoms with Crippen LogP contribution in [0.1, 0.15) is 24.2 Å². The Hall–Kier alpha value is -1.22. The van der Waals surface area contributed by atoms with Crippen molar-refractivity contribution in [3.63, 3.8) is 0 Å². The summed E-state index contributed by atoms with van der Waals surface area (Å²) in [7, 11) is 1.47. The first-order chi connectivity index (χ1) is 6.47. The summed E-state index contributed by atoms with van der Waals surface area (Å²) in [6, 6.07) is 5.44. The van der Waals surface area contributed by atoms with Crippen LogP contribution in [-0.4, -0.2) is 18.5 Å². The van der Waals surface area contributed by atoms with E-state index < -0.39 is 5.60 Å². The molecule has 0 bridgehead atoms. The Morgan fingerprint density at radius 1 is 1.29 bits per heavy atom. The van der Waals surface area contributed by atoms with Crippen molar-refractivity contribution in [3.8, 4) is 0 Å². The number of ether oxygens (including phenoxy) is 1. The highest BCUT2D eigenvalue weighted by atomic mass is 19.1. The van der Waals surface area contributed by atoms with E-state index in [1.54, 1.807) is 13.8 Å². The van der Waals surface area contributed by atoms with Crippen LogP contribution in [0, 0.1) is 5.82 Å². The molecule has 0 N–H and O–H groups in total. The minimum absolute atomic E-state index is 0.153. The second kappa shape index (κ2) is 3.88. The van der Waals surface area contributed by atoms with Crippen LogP contribution in [0.15, 0.2) is 24.3 Å². The number of carbonyl (C=O) groups excluding carboxylic acids is 1. The third-order valence-corrected chi connectivity index (χ3v) is 2.16. The van der Waals surface area contributed by atoms with Gasteiger partial charge in [0.2, 0.25) is 0 Å². The van der Waals surface area contributed by atoms with Gasteiger partial charge in [-0.1, -0.05) is 0 Å². The van der Waals surface area contributed by atoms with Crippen molar-refractivity contribution >= 4 is 5.78 Å². The Balaban J connectivity index is 2.96. The first-order valence-electron chi connectivity index (χ1n) is 4.33. The lowest BCUT2D eigenvalue weighted by atomic mass is 9.97. The largest absolute Gasteiger partial charge is 0.371 e. The molecular formula is C11H13FO2. The third-order valence-electron chi connectivity index (χ3n) is 2.16. The van der Waals surface area contributed by atoms with Gasteiger partial charge in [0.25, 0.3) is 0 Å². The fraction of sp³-hybridized carbons (Fsp3) is 0.364. The first-order valence-corrected chi connectivity index (χ1v) is 4.33. The summed E-state index contributed by atoms with van der Waals surface area (Å²) in [5, 5.41) is 0. The molecule has 0 saturated carbocycles. The molecule has 0 saturated heterocycles. The Morgan fingerprint density at radius 3 is 2.21 bits per heavy atom. The van der Waals surface area contributed by atoms with Crippen LogP contribution in [0.5, 0.6) is 0 Å². The molecule has 1 aromatic rings. The van der Waals surface area contributed by atoms with Gasteiger partial charge >= 0.3 is 0 Å². The van der Waals surface area contributed by atoms with Gasteiger partial charge in [-0.25, -0.2) is 4.39 Å². The lowest BCUT2D eigenvalue weighted by molar-refractivity contribution is 0.0228. The van der Waals surface area contributed by atoms with E-state index in [0.717, 1.165) is 0 Å². The topological polar surface area (TPSA) is 26.3 Å². The number of benzene rings is 1. The molecule has 3 heteroatoms. The molecule has 0 aliphatic heterocycles. The predicted molar refractivity (Wildman–Crippen MR) is 51.8 cm³/mol. The monoisotopic (exact) mass is 196 g/mol. The molecule has 0 radical (unpaired) electrons. The molecule has 2 nitrogen and oxygen atoms in total. The van der Waals surface area contributed by atoms with Gasteiger partial charge in [-0.15, -0.1) is 0 Å². The standard InChI is InChI=1S/C11H13FO2/c1-11(2,14-3)10(13)8-4-6-9(12)7-5-8/h4-7H,1-3H3. The summed E-state index contributed by atoms with van der Waals surface area (Å²) in [5.74, 6) is -0.503. The summed E-state index contributed by atoms with van der Waals surface area (Å²) in [6.45, 7) is 3.36. The lowest BCUT2D eigenvalue weighted by Crippen LogP contribution is -2.33. The zero-order chi connectivity index (χ0) is 10.8. The molecule has 0 heterocycles. The quantitative estimate of drug-likeness (QED) is 0.694. The number of Topliss-reactive ketones (excluding diaryl/α,β-unsaturated/α-hetero) is 1. The van der Waals surface area contributed by atoms with Crippen molar-refractivity contribution in [2.75, 3.05) is 7.11 Å². The second-order valence-electron chi connectivity index (χ2n) is 3.55. The van der Waals surface area contributed by atoms with E-state index in [-0.39, 0.29) is 11.6 Å². The first kappa shape index (κ1) is 10.9. The molecule has 0 unspecified atom stereocenters. The SMILES string of the molecule is COC(C)(C)C(=O)c1ccc(F)cc1. The van der Waals surface area contributed by atoms with E-state index >= 15 is 0 Å². The molecule has 0 aliphatic carbocycles. The zero-order valence-electron chi connectivity index (χ0n) is 8.50. The third kappa shape index (κ3) is 2.17. The minimum atomic E-state index is -0.863. The number of halogens is 1. The maximum atomic E-state index is 12.6. The van der Waals surface area contributed by atoms with Crippen LogP contribution in [0.2, 0.25) is 0 Å². The van der Waals surface area contributed by atoms with Gasteiger partial charge in [-0.2, -0.15) is 0 Å². The van der Waals surface area contributed by atoms with Crippen LogP contribution in [0.4, 0.5) is 4.39 Å². The van der Waals surface area contributed by atoms with Crippen molar-refractivity contribution in [1.29, 1.82) is 0 Å². The van der Waals surface area contributed by atoms with Crippen LogP contribution in [0.25, 0.3) is 0 Å². The van der Waals surface area contributed by atoms with E-state index in [0.29, 0.717) is 5.56 Å².